The average Bonchev–Trinajstić information content (AvgIpc) is 3.49. The molecule has 2 aliphatic rings. The van der Waals surface area contributed by atoms with Crippen molar-refractivity contribution in [2.75, 3.05) is 32.1 Å². The number of rotatable bonds is 7. The number of nitrogens with zero attached hydrogens (tertiary/aromatic N) is 2. The Morgan fingerprint density at radius 1 is 1.36 bits per heavy atom. The summed E-state index contributed by atoms with van der Waals surface area (Å²) in [6, 6.07) is 6.00. The lowest BCUT2D eigenvalue weighted by atomic mass is 10.0. The molecule has 4 heterocycles. The molecule has 1 saturated heterocycles. The Morgan fingerprint density at radius 3 is 3.03 bits per heavy atom. The highest BCUT2D eigenvalue weighted by Gasteiger charge is 2.31. The second-order valence-corrected chi connectivity index (χ2v) is 8.63. The number of carbonyl (C=O) groups is 2. The number of likely N-dealkylation sites (tertiary alicyclic amines) is 1. The molecular formula is C25H26FN5O5. The maximum absolute atomic E-state index is 14.4. The van der Waals surface area contributed by atoms with Crippen molar-refractivity contribution in [2.45, 2.75) is 25.3 Å². The number of anilines is 2. The smallest absolute Gasteiger partial charge is 0.407 e. The number of carbonyl (C=O) groups excluding carboxylic acids is 1. The Bertz CT molecular complexity index is 1310. The van der Waals surface area contributed by atoms with Gasteiger partial charge in [0.1, 0.15) is 12.4 Å². The topological polar surface area (TPSA) is 129 Å². The van der Waals surface area contributed by atoms with Crippen LogP contribution < -0.4 is 20.1 Å². The number of aromatic amines is 1. The number of para-hydroxylation sites is 1. The number of halogens is 1. The molecule has 0 radical (unpaired) electrons. The van der Waals surface area contributed by atoms with Gasteiger partial charge in [-0.1, -0.05) is 6.07 Å². The summed E-state index contributed by atoms with van der Waals surface area (Å²) in [7, 11) is 1.38. The monoisotopic (exact) mass is 495 g/mol. The number of fused-ring (bicyclic) bond motifs is 1. The first-order valence-electron chi connectivity index (χ1n) is 11.7. The number of hydrogen-bond donors (Lipinski definition) is 4. The molecule has 188 valence electrons. The van der Waals surface area contributed by atoms with Gasteiger partial charge in [-0.2, -0.15) is 0 Å². The van der Waals surface area contributed by atoms with Crippen LogP contribution in [0, 0.1) is 5.82 Å². The summed E-state index contributed by atoms with van der Waals surface area (Å²) in [6.45, 7) is 1.14. The third kappa shape index (κ3) is 4.28. The van der Waals surface area contributed by atoms with Gasteiger partial charge >= 0.3 is 6.09 Å². The lowest BCUT2D eigenvalue weighted by Crippen LogP contribution is -2.38. The molecule has 2 amide bonds. The first kappa shape index (κ1) is 23.5. The van der Waals surface area contributed by atoms with Crippen molar-refractivity contribution in [3.63, 3.8) is 0 Å². The second kappa shape index (κ2) is 9.76. The zero-order valence-corrected chi connectivity index (χ0v) is 19.6. The van der Waals surface area contributed by atoms with E-state index in [1.807, 2.05) is 0 Å². The zero-order chi connectivity index (χ0) is 25.2. The fourth-order valence-corrected chi connectivity index (χ4v) is 4.80. The number of ether oxygens (including phenoxy) is 2. The zero-order valence-electron chi connectivity index (χ0n) is 19.6. The van der Waals surface area contributed by atoms with Crippen LogP contribution in [0.25, 0.3) is 11.3 Å². The van der Waals surface area contributed by atoms with E-state index in [2.05, 4.69) is 20.6 Å². The highest BCUT2D eigenvalue weighted by atomic mass is 19.1. The van der Waals surface area contributed by atoms with E-state index in [1.54, 1.807) is 30.6 Å². The van der Waals surface area contributed by atoms with E-state index in [0.29, 0.717) is 59.9 Å². The van der Waals surface area contributed by atoms with Gasteiger partial charge < -0.3 is 35.1 Å². The van der Waals surface area contributed by atoms with Crippen LogP contribution in [0.4, 0.5) is 20.6 Å². The first-order chi connectivity index (χ1) is 17.5. The number of carboxylic acid groups (broad SMARTS) is 1. The summed E-state index contributed by atoms with van der Waals surface area (Å²) >= 11 is 0. The van der Waals surface area contributed by atoms with Crippen LogP contribution in [0.2, 0.25) is 0 Å². The molecule has 5 rings (SSSR count). The van der Waals surface area contributed by atoms with E-state index in [9.17, 15) is 19.1 Å². The minimum atomic E-state index is -0.967. The van der Waals surface area contributed by atoms with Crippen LogP contribution in [-0.2, 0) is 6.42 Å². The Kier molecular flexibility index (Phi) is 6.36. The quantitative estimate of drug-likeness (QED) is 0.393. The summed E-state index contributed by atoms with van der Waals surface area (Å²) in [6.07, 6.45) is 4.28. The van der Waals surface area contributed by atoms with Crippen LogP contribution in [0.1, 0.15) is 28.9 Å². The Hall–Kier alpha value is -4.28. The predicted molar refractivity (Wildman–Crippen MR) is 130 cm³/mol. The van der Waals surface area contributed by atoms with Gasteiger partial charge in [-0.15, -0.1) is 0 Å². The molecule has 0 unspecified atom stereocenters. The molecule has 1 fully saturated rings. The van der Waals surface area contributed by atoms with Crippen LogP contribution in [0.3, 0.4) is 0 Å². The van der Waals surface area contributed by atoms with Crippen molar-refractivity contribution in [3.8, 4) is 22.8 Å². The van der Waals surface area contributed by atoms with Crippen LogP contribution in [0.15, 0.2) is 36.7 Å². The van der Waals surface area contributed by atoms with Gasteiger partial charge in [-0.05, 0) is 31.0 Å². The van der Waals surface area contributed by atoms with Gasteiger partial charge in [-0.3, -0.25) is 9.78 Å². The fraction of sp³-hybridized carbons (Fsp3) is 0.320. The number of amides is 2. The summed E-state index contributed by atoms with van der Waals surface area (Å²) in [5, 5.41) is 15.5. The number of hydrogen-bond acceptors (Lipinski definition) is 6. The van der Waals surface area contributed by atoms with Crippen LogP contribution in [-0.4, -0.2) is 64.8 Å². The van der Waals surface area contributed by atoms with Gasteiger partial charge in [0.15, 0.2) is 11.6 Å². The molecule has 10 nitrogen and oxygen atoms in total. The SMILES string of the molecule is COc1c(F)cccc1Nc1c(-c2ccncc2OC[C@H]2CCCN2C(=O)O)[nH]c2c1C(=O)NCC2. The van der Waals surface area contributed by atoms with E-state index in [1.165, 1.54) is 18.1 Å². The summed E-state index contributed by atoms with van der Waals surface area (Å²) in [4.78, 5) is 33.3. The molecule has 11 heteroatoms. The molecular weight excluding hydrogens is 469 g/mol. The van der Waals surface area contributed by atoms with E-state index < -0.39 is 11.9 Å². The van der Waals surface area contributed by atoms with Crippen molar-refractivity contribution in [2.24, 2.45) is 0 Å². The first-order valence-corrected chi connectivity index (χ1v) is 11.7. The maximum Gasteiger partial charge on any atom is 0.407 e. The molecule has 0 aliphatic carbocycles. The molecule has 0 spiro atoms. The molecule has 0 saturated carbocycles. The van der Waals surface area contributed by atoms with Crippen molar-refractivity contribution in [1.29, 1.82) is 0 Å². The van der Waals surface area contributed by atoms with E-state index >= 15 is 0 Å². The molecule has 0 bridgehead atoms. The number of H-pyrrole nitrogens is 1. The lowest BCUT2D eigenvalue weighted by molar-refractivity contribution is 0.0946. The normalized spacial score (nSPS) is 16.9. The largest absolute Gasteiger partial charge is 0.492 e. The average molecular weight is 496 g/mol. The Balaban J connectivity index is 1.54. The fourth-order valence-electron chi connectivity index (χ4n) is 4.80. The highest BCUT2D eigenvalue weighted by molar-refractivity contribution is 6.06. The molecule has 3 aromatic rings. The lowest BCUT2D eigenvalue weighted by Gasteiger charge is -2.22. The van der Waals surface area contributed by atoms with Crippen molar-refractivity contribution >= 4 is 23.4 Å². The predicted octanol–water partition coefficient (Wildman–Crippen LogP) is 3.78. The number of pyridine rings is 1. The molecule has 2 aliphatic heterocycles. The molecule has 1 aromatic carbocycles. The highest BCUT2D eigenvalue weighted by Crippen LogP contribution is 2.42. The Morgan fingerprint density at radius 2 is 2.22 bits per heavy atom. The van der Waals surface area contributed by atoms with Gasteiger partial charge in [0.05, 0.1) is 42.0 Å². The number of benzene rings is 1. The summed E-state index contributed by atoms with van der Waals surface area (Å²) in [5.41, 5.74) is 3.18. The van der Waals surface area contributed by atoms with Crippen LogP contribution in [0.5, 0.6) is 11.5 Å². The standard InChI is InChI=1S/C25H26FN5O5/c1-35-23-16(26)5-2-6-18(23)30-22-20-17(8-10-28-24(20)32)29-21(22)15-7-9-27-12-19(15)36-13-14-4-3-11-31(14)25(33)34/h2,5-7,9,12,14,29-30H,3-4,8,10-11,13H2,1H3,(H,28,32)(H,33,34)/t14-/m1/s1. The third-order valence-electron chi connectivity index (χ3n) is 6.50. The van der Waals surface area contributed by atoms with Crippen molar-refractivity contribution in [1.82, 2.24) is 20.2 Å². The van der Waals surface area contributed by atoms with Gasteiger partial charge in [0.25, 0.3) is 5.91 Å². The maximum atomic E-state index is 14.4. The second-order valence-electron chi connectivity index (χ2n) is 8.63. The van der Waals surface area contributed by atoms with Crippen molar-refractivity contribution in [3.05, 3.63) is 53.7 Å². The van der Waals surface area contributed by atoms with E-state index in [-0.39, 0.29) is 24.3 Å². The van der Waals surface area contributed by atoms with E-state index in [4.69, 9.17) is 9.47 Å². The van der Waals surface area contributed by atoms with Gasteiger partial charge in [0.2, 0.25) is 0 Å². The van der Waals surface area contributed by atoms with Crippen LogP contribution >= 0.6 is 0 Å². The minimum absolute atomic E-state index is 0.0239. The number of aromatic nitrogens is 2. The van der Waals surface area contributed by atoms with Gasteiger partial charge in [0, 0.05) is 37.0 Å². The number of methoxy groups -OCH3 is 1. The van der Waals surface area contributed by atoms with Gasteiger partial charge in [-0.25, -0.2) is 9.18 Å². The van der Waals surface area contributed by atoms with E-state index in [0.717, 1.165) is 12.1 Å². The Labute approximate surface area is 206 Å². The minimum Gasteiger partial charge on any atom is -0.492 e. The van der Waals surface area contributed by atoms with Crippen molar-refractivity contribution < 1.29 is 28.6 Å². The molecule has 2 aromatic heterocycles. The summed E-state index contributed by atoms with van der Waals surface area (Å²) in [5.74, 6) is -0.333. The molecule has 1 atom stereocenters. The molecule has 4 N–H and O–H groups in total. The molecule has 36 heavy (non-hydrogen) atoms. The summed E-state index contributed by atoms with van der Waals surface area (Å²) < 4.78 is 25.7. The number of nitrogens with one attached hydrogen (secondary N) is 3. The third-order valence-corrected chi connectivity index (χ3v) is 6.50.